The zero-order valence-electron chi connectivity index (χ0n) is 10.6. The van der Waals surface area contributed by atoms with E-state index in [9.17, 15) is 9.59 Å². The Morgan fingerprint density at radius 3 is 2.05 bits per heavy atom. The van der Waals surface area contributed by atoms with Crippen LogP contribution in [0.3, 0.4) is 0 Å². The number of benzene rings is 2. The van der Waals surface area contributed by atoms with Gasteiger partial charge in [0.05, 0.1) is 0 Å². The molecule has 0 aliphatic heterocycles. The third kappa shape index (κ3) is 3.76. The average molecular weight is 343 g/mol. The minimum absolute atomic E-state index is 0.258. The summed E-state index contributed by atoms with van der Waals surface area (Å²) in [5.41, 5.74) is 0.699. The summed E-state index contributed by atoms with van der Waals surface area (Å²) in [5.74, 6) is -1.50. The van der Waals surface area contributed by atoms with E-state index in [0.717, 1.165) is 0 Å². The van der Waals surface area contributed by atoms with Crippen molar-refractivity contribution in [2.24, 2.45) is 0 Å². The molecule has 0 atom stereocenters. The number of rotatable bonds is 4. The molecule has 0 fully saturated rings. The quantitative estimate of drug-likeness (QED) is 0.510. The summed E-state index contributed by atoms with van der Waals surface area (Å²) in [6.45, 7) is 0. The summed E-state index contributed by atoms with van der Waals surface area (Å²) >= 11 is 17.6. The largest absolute Gasteiger partial charge is 0.323 e. The molecule has 2 aromatic carbocycles. The van der Waals surface area contributed by atoms with E-state index in [2.05, 4.69) is 5.32 Å². The summed E-state index contributed by atoms with van der Waals surface area (Å²) in [6, 6.07) is 14.5. The molecule has 21 heavy (non-hydrogen) atoms. The van der Waals surface area contributed by atoms with Gasteiger partial charge in [-0.2, -0.15) is 0 Å². The normalized spacial score (nSPS) is 11.0. The van der Waals surface area contributed by atoms with Crippen molar-refractivity contribution in [1.82, 2.24) is 0 Å². The molecule has 0 saturated heterocycles. The lowest BCUT2D eigenvalue weighted by Crippen LogP contribution is -2.40. The molecule has 0 aliphatic rings. The minimum atomic E-state index is -2.21. The van der Waals surface area contributed by atoms with E-state index in [1.165, 1.54) is 12.1 Å². The van der Waals surface area contributed by atoms with Gasteiger partial charge < -0.3 is 5.32 Å². The number of ketones is 1. The Morgan fingerprint density at radius 1 is 0.905 bits per heavy atom. The first kappa shape index (κ1) is 15.8. The maximum absolute atomic E-state index is 12.2. The van der Waals surface area contributed by atoms with Crippen molar-refractivity contribution in [3.8, 4) is 0 Å². The Bertz CT molecular complexity index is 654. The highest BCUT2D eigenvalue weighted by molar-refractivity contribution is 6.70. The molecule has 1 amide bonds. The number of carbonyl (C=O) groups excluding carboxylic acids is 2. The lowest BCUT2D eigenvalue weighted by atomic mass is 10.1. The highest BCUT2D eigenvalue weighted by Gasteiger charge is 2.42. The van der Waals surface area contributed by atoms with Gasteiger partial charge in [0.2, 0.25) is 5.78 Å². The summed E-state index contributed by atoms with van der Waals surface area (Å²) in [4.78, 5) is 24.3. The van der Waals surface area contributed by atoms with Crippen molar-refractivity contribution < 1.29 is 9.59 Å². The summed E-state index contributed by atoms with van der Waals surface area (Å²) in [7, 11) is 0. The van der Waals surface area contributed by atoms with E-state index in [4.69, 9.17) is 34.8 Å². The molecule has 0 bridgehead atoms. The molecule has 2 rings (SSSR count). The molecule has 0 radical (unpaired) electrons. The fourth-order valence-corrected chi connectivity index (χ4v) is 2.06. The standard InChI is InChI=1S/C15H10Cl3NO2/c16-11-6-8-12(9-7-11)19-14(21)15(17,18)13(20)10-4-2-1-3-5-10/h1-9H,(H,19,21). The molecule has 0 aliphatic carbocycles. The zero-order chi connectivity index (χ0) is 15.5. The van der Waals surface area contributed by atoms with Crippen molar-refractivity contribution >= 4 is 52.2 Å². The third-order valence-corrected chi connectivity index (χ3v) is 3.65. The number of hydrogen-bond acceptors (Lipinski definition) is 2. The Balaban J connectivity index is 2.17. The van der Waals surface area contributed by atoms with Crippen LogP contribution in [0.5, 0.6) is 0 Å². The fraction of sp³-hybridized carbons (Fsp3) is 0.0667. The Kier molecular flexibility index (Phi) is 4.88. The first-order valence-electron chi connectivity index (χ1n) is 5.96. The van der Waals surface area contributed by atoms with E-state index in [-0.39, 0.29) is 5.56 Å². The van der Waals surface area contributed by atoms with Crippen LogP contribution >= 0.6 is 34.8 Å². The summed E-state index contributed by atoms with van der Waals surface area (Å²) < 4.78 is -2.21. The number of nitrogens with one attached hydrogen (secondary N) is 1. The molecule has 6 heteroatoms. The van der Waals surface area contributed by atoms with E-state index >= 15 is 0 Å². The molecular weight excluding hydrogens is 333 g/mol. The van der Waals surface area contributed by atoms with Crippen LogP contribution in [-0.2, 0) is 4.79 Å². The van der Waals surface area contributed by atoms with E-state index in [0.29, 0.717) is 10.7 Å². The highest BCUT2D eigenvalue weighted by atomic mass is 35.5. The second-order valence-electron chi connectivity index (χ2n) is 4.23. The summed E-state index contributed by atoms with van der Waals surface area (Å²) in [5, 5.41) is 3.00. The van der Waals surface area contributed by atoms with Crippen LogP contribution in [0.25, 0.3) is 0 Å². The second kappa shape index (κ2) is 6.48. The van der Waals surface area contributed by atoms with Gasteiger partial charge in [0.1, 0.15) is 0 Å². The third-order valence-electron chi connectivity index (χ3n) is 2.71. The van der Waals surface area contributed by atoms with Crippen molar-refractivity contribution in [2.45, 2.75) is 4.33 Å². The Labute approximate surface area is 136 Å². The topological polar surface area (TPSA) is 46.2 Å². The molecule has 1 N–H and O–H groups in total. The smallest absolute Gasteiger partial charge is 0.269 e. The van der Waals surface area contributed by atoms with E-state index < -0.39 is 16.0 Å². The van der Waals surface area contributed by atoms with Gasteiger partial charge in [0.25, 0.3) is 10.2 Å². The molecular formula is C15H10Cl3NO2. The number of carbonyl (C=O) groups is 2. The van der Waals surface area contributed by atoms with Gasteiger partial charge in [-0.05, 0) is 24.3 Å². The Morgan fingerprint density at radius 2 is 1.48 bits per heavy atom. The number of halogens is 3. The maximum atomic E-state index is 12.2. The van der Waals surface area contributed by atoms with Gasteiger partial charge in [-0.15, -0.1) is 0 Å². The average Bonchev–Trinajstić information content (AvgIpc) is 2.49. The van der Waals surface area contributed by atoms with E-state index in [1.54, 1.807) is 42.5 Å². The van der Waals surface area contributed by atoms with Gasteiger partial charge in [-0.3, -0.25) is 9.59 Å². The fourth-order valence-electron chi connectivity index (χ4n) is 1.62. The van der Waals surface area contributed by atoms with Gasteiger partial charge in [0.15, 0.2) is 0 Å². The SMILES string of the molecule is O=C(Nc1ccc(Cl)cc1)C(Cl)(Cl)C(=O)c1ccccc1. The molecule has 0 unspecified atom stereocenters. The summed E-state index contributed by atoms with van der Waals surface area (Å²) in [6.07, 6.45) is 0. The molecule has 0 heterocycles. The number of Topliss-reactive ketones (excluding diaryl/α,β-unsaturated/α-hetero) is 1. The monoisotopic (exact) mass is 341 g/mol. The number of amides is 1. The Hall–Kier alpha value is -1.55. The van der Waals surface area contributed by atoms with Crippen LogP contribution in [0, 0.1) is 0 Å². The lowest BCUT2D eigenvalue weighted by Gasteiger charge is -2.17. The van der Waals surface area contributed by atoms with Crippen LogP contribution < -0.4 is 5.32 Å². The van der Waals surface area contributed by atoms with E-state index in [1.807, 2.05) is 0 Å². The lowest BCUT2D eigenvalue weighted by molar-refractivity contribution is -0.115. The van der Waals surface area contributed by atoms with Crippen LogP contribution in [0.1, 0.15) is 10.4 Å². The number of hydrogen-bond donors (Lipinski definition) is 1. The predicted octanol–water partition coefficient (Wildman–Crippen LogP) is 4.34. The maximum Gasteiger partial charge on any atom is 0.269 e. The number of alkyl halides is 2. The van der Waals surface area contributed by atoms with Crippen LogP contribution in [0.4, 0.5) is 5.69 Å². The first-order chi connectivity index (χ1) is 9.91. The van der Waals surface area contributed by atoms with Crippen LogP contribution in [0.2, 0.25) is 5.02 Å². The van der Waals surface area contributed by atoms with Gasteiger partial charge in [-0.25, -0.2) is 0 Å². The predicted molar refractivity (Wildman–Crippen MR) is 85.3 cm³/mol. The van der Waals surface area contributed by atoms with Crippen molar-refractivity contribution in [3.63, 3.8) is 0 Å². The zero-order valence-corrected chi connectivity index (χ0v) is 12.9. The van der Waals surface area contributed by atoms with Gasteiger partial charge in [-0.1, -0.05) is 65.1 Å². The van der Waals surface area contributed by atoms with Gasteiger partial charge >= 0.3 is 0 Å². The molecule has 2 aromatic rings. The minimum Gasteiger partial charge on any atom is -0.323 e. The van der Waals surface area contributed by atoms with Crippen molar-refractivity contribution in [2.75, 3.05) is 5.32 Å². The number of anilines is 1. The second-order valence-corrected chi connectivity index (χ2v) is 5.99. The molecule has 0 aromatic heterocycles. The molecule has 0 saturated carbocycles. The first-order valence-corrected chi connectivity index (χ1v) is 7.09. The van der Waals surface area contributed by atoms with Crippen LogP contribution in [0.15, 0.2) is 54.6 Å². The molecule has 3 nitrogen and oxygen atoms in total. The van der Waals surface area contributed by atoms with Crippen molar-refractivity contribution in [1.29, 1.82) is 0 Å². The molecule has 108 valence electrons. The van der Waals surface area contributed by atoms with Crippen molar-refractivity contribution in [3.05, 3.63) is 65.2 Å². The van der Waals surface area contributed by atoms with Gasteiger partial charge in [0, 0.05) is 16.3 Å². The van der Waals surface area contributed by atoms with Crippen LogP contribution in [-0.4, -0.2) is 16.0 Å². The molecule has 0 spiro atoms. The highest BCUT2D eigenvalue weighted by Crippen LogP contribution is 2.28.